The second kappa shape index (κ2) is 24.3. The molecule has 0 unspecified atom stereocenters. The molecule has 0 bridgehead atoms. The molecule has 37 heteroatoms. The van der Waals surface area contributed by atoms with Gasteiger partial charge in [0, 0.05) is 6.42 Å². The highest BCUT2D eigenvalue weighted by molar-refractivity contribution is 6.26. The summed E-state index contributed by atoms with van der Waals surface area (Å²) < 4.78 is 4.29. The van der Waals surface area contributed by atoms with E-state index >= 15 is 0 Å². The zero-order valence-corrected chi connectivity index (χ0v) is 36.7. The zero-order chi connectivity index (χ0) is 60.5. The van der Waals surface area contributed by atoms with E-state index in [2.05, 4.69) is 4.74 Å². The fourth-order valence-electron chi connectivity index (χ4n) is 6.50. The van der Waals surface area contributed by atoms with Crippen LogP contribution < -0.4 is 0 Å². The van der Waals surface area contributed by atoms with E-state index in [-0.39, 0.29) is 12.8 Å². The molecule has 0 spiro atoms. The van der Waals surface area contributed by atoms with Crippen LogP contribution in [0.2, 0.25) is 0 Å². The molecule has 0 heterocycles. The number of carboxylic acid groups (broad SMARTS) is 17. The van der Waals surface area contributed by atoms with Gasteiger partial charge in [-0.05, 0) is 6.42 Å². The average Bonchev–Trinajstić information content (AvgIpc) is 3.27. The van der Waals surface area contributed by atoms with Crippen molar-refractivity contribution in [1.29, 1.82) is 0 Å². The summed E-state index contributed by atoms with van der Waals surface area (Å²) >= 11 is 0. The van der Waals surface area contributed by atoms with Crippen LogP contribution in [0.1, 0.15) is 206 Å². The maximum Gasteiger partial charge on any atom is 0.347 e. The molecule has 37 nitrogen and oxygen atoms in total. The molecule has 0 aliphatic carbocycles. The Kier molecular flexibility index (Phi) is 19.8. The number of carboxylic acids is 17. The minimum atomic E-state index is -2.27. The Hall–Kier alpha value is -12.2. The smallest absolute Gasteiger partial charge is 0.347 e. The van der Waals surface area contributed by atoms with E-state index in [4.69, 9.17) is 61.3 Å². The minimum absolute atomic E-state index is 0.169. The number of benzene rings is 3. The van der Waals surface area contributed by atoms with E-state index in [1.807, 2.05) is 0 Å². The lowest BCUT2D eigenvalue weighted by Gasteiger charge is -2.17. The normalized spacial score (nSPS) is 10.0. The molecule has 0 saturated heterocycles. The third kappa shape index (κ3) is 12.6. The number of rotatable bonds is 20. The lowest BCUT2D eigenvalue weighted by molar-refractivity contribution is -0.138. The number of esters is 2. The summed E-state index contributed by atoms with van der Waals surface area (Å²) in [4.78, 5) is 216. The molecule has 0 aromatic heterocycles. The summed E-state index contributed by atoms with van der Waals surface area (Å²) in [6, 6.07) is 0. The number of aromatic carboxylic acids is 17. The van der Waals surface area contributed by atoms with Crippen molar-refractivity contribution in [1.82, 2.24) is 0 Å². The molecule has 3 aromatic rings. The van der Waals surface area contributed by atoms with Crippen molar-refractivity contribution >= 4 is 113 Å². The zero-order valence-electron chi connectivity index (χ0n) is 36.7. The van der Waals surface area contributed by atoms with Gasteiger partial charge in [-0.2, -0.15) is 0 Å². The van der Waals surface area contributed by atoms with Crippen LogP contribution in [0.15, 0.2) is 0 Å². The van der Waals surface area contributed by atoms with Crippen LogP contribution in [-0.4, -0.2) is 200 Å². The van der Waals surface area contributed by atoms with Crippen molar-refractivity contribution in [3.63, 3.8) is 0 Å². The standard InChI is InChI=1S/C16H12O13.2C12H6O12/c1-2-3-4(17)29-16(28)10-8(14(24)25)6(12(20)21)5(11(18)19)7(13(22)23)9(10)15(26)27;2*13-7(14)1-2(8(15)16)4(10(19)20)6(12(23)24)5(11(21)22)3(1)9(17)18/h2-3H2,1H3,(H,18,19)(H,20,21)(H,22,23)(H,24,25)(H,26,27);2*(H,13,14)(H,15,16)(H,17,18)(H,19,20)(H,21,22)(H,23,24). The lowest BCUT2D eigenvalue weighted by Crippen LogP contribution is -2.29. The summed E-state index contributed by atoms with van der Waals surface area (Å²) in [5.41, 5.74) is -29.8. The molecule has 3 rings (SSSR count). The van der Waals surface area contributed by atoms with Crippen LogP contribution in [0.25, 0.3) is 0 Å². The predicted molar refractivity (Wildman–Crippen MR) is 223 cm³/mol. The number of carbonyl (C=O) groups is 19. The Balaban J connectivity index is 0.000000581. The van der Waals surface area contributed by atoms with Crippen LogP contribution in [-0.2, 0) is 9.53 Å². The molecule has 0 atom stereocenters. The van der Waals surface area contributed by atoms with Gasteiger partial charge in [0.05, 0.1) is 100 Å². The van der Waals surface area contributed by atoms with Gasteiger partial charge >= 0.3 is 113 Å². The molecule has 0 aliphatic heterocycles. The Bertz CT molecular complexity index is 2730. The van der Waals surface area contributed by atoms with Gasteiger partial charge in [-0.25, -0.2) is 86.3 Å². The second-order valence-corrected chi connectivity index (χ2v) is 13.4. The molecule has 406 valence electrons. The highest BCUT2D eigenvalue weighted by atomic mass is 16.6. The van der Waals surface area contributed by atoms with E-state index in [1.54, 1.807) is 0 Å². The van der Waals surface area contributed by atoms with Gasteiger partial charge in [0.2, 0.25) is 0 Å². The fraction of sp³-hybridized carbons (Fsp3) is 0.0750. The van der Waals surface area contributed by atoms with Crippen LogP contribution >= 0.6 is 0 Å². The highest BCUT2D eigenvalue weighted by Crippen LogP contribution is 2.33. The van der Waals surface area contributed by atoms with Crippen molar-refractivity contribution in [2.24, 2.45) is 0 Å². The molecule has 0 radical (unpaired) electrons. The number of ether oxygens (including phenoxy) is 1. The van der Waals surface area contributed by atoms with E-state index in [0.717, 1.165) is 0 Å². The van der Waals surface area contributed by atoms with Crippen molar-refractivity contribution in [2.45, 2.75) is 19.8 Å². The minimum Gasteiger partial charge on any atom is -0.478 e. The summed E-state index contributed by atoms with van der Waals surface area (Å²) in [7, 11) is 0. The number of hydrogen-bond acceptors (Lipinski definition) is 20. The molecule has 0 amide bonds. The van der Waals surface area contributed by atoms with Gasteiger partial charge < -0.3 is 91.5 Å². The van der Waals surface area contributed by atoms with Gasteiger partial charge in [-0.1, -0.05) is 6.92 Å². The summed E-state index contributed by atoms with van der Waals surface area (Å²) in [5, 5.41) is 155. The fourth-order valence-corrected chi connectivity index (χ4v) is 6.50. The van der Waals surface area contributed by atoms with Gasteiger partial charge in [0.1, 0.15) is 0 Å². The van der Waals surface area contributed by atoms with Gasteiger partial charge in [-0.3, -0.25) is 4.79 Å². The van der Waals surface area contributed by atoms with E-state index < -0.39 is 214 Å². The van der Waals surface area contributed by atoms with Crippen molar-refractivity contribution < 1.29 is 183 Å². The van der Waals surface area contributed by atoms with Crippen LogP contribution in [0.5, 0.6) is 0 Å². The first-order valence-electron chi connectivity index (χ1n) is 18.6. The van der Waals surface area contributed by atoms with E-state index in [9.17, 15) is 117 Å². The van der Waals surface area contributed by atoms with Gasteiger partial charge in [-0.15, -0.1) is 0 Å². The molecule has 3 aromatic carbocycles. The molecular weight excluding hydrogens is 1070 g/mol. The molecule has 77 heavy (non-hydrogen) atoms. The Morgan fingerprint density at radius 3 is 0.416 bits per heavy atom. The third-order valence-electron chi connectivity index (χ3n) is 9.00. The van der Waals surface area contributed by atoms with Gasteiger partial charge in [0.25, 0.3) is 0 Å². The van der Waals surface area contributed by atoms with Gasteiger partial charge in [0.15, 0.2) is 0 Å². The Morgan fingerprint density at radius 2 is 0.325 bits per heavy atom. The van der Waals surface area contributed by atoms with Crippen molar-refractivity contribution in [2.75, 3.05) is 0 Å². The third-order valence-corrected chi connectivity index (χ3v) is 9.00. The molecule has 0 aliphatic rings. The first-order chi connectivity index (χ1) is 35.2. The largest absolute Gasteiger partial charge is 0.478 e. The van der Waals surface area contributed by atoms with E-state index in [0.29, 0.717) is 0 Å². The van der Waals surface area contributed by atoms with Crippen molar-refractivity contribution in [3.8, 4) is 0 Å². The first kappa shape index (κ1) is 62.8. The van der Waals surface area contributed by atoms with Crippen LogP contribution in [0, 0.1) is 0 Å². The Labute approximate surface area is 415 Å². The summed E-state index contributed by atoms with van der Waals surface area (Å²) in [6.07, 6.45) is -0.191. The lowest BCUT2D eigenvalue weighted by atomic mass is 9.86. The van der Waals surface area contributed by atoms with Crippen LogP contribution in [0.3, 0.4) is 0 Å². The topological polar surface area (TPSA) is 677 Å². The predicted octanol–water partition coefficient (Wildman–Crippen LogP) is 0.413. The number of hydrogen-bond donors (Lipinski definition) is 17. The summed E-state index contributed by atoms with van der Waals surface area (Å²) in [6.45, 7) is 1.50. The first-order valence-corrected chi connectivity index (χ1v) is 18.6. The van der Waals surface area contributed by atoms with E-state index in [1.165, 1.54) is 6.92 Å². The highest BCUT2D eigenvalue weighted by Gasteiger charge is 2.44. The molecule has 17 N–H and O–H groups in total. The Morgan fingerprint density at radius 1 is 0.221 bits per heavy atom. The maximum atomic E-state index is 12.3. The van der Waals surface area contributed by atoms with Crippen molar-refractivity contribution in [3.05, 3.63) is 100 Å². The SMILES string of the molecule is CCCC(=O)OC(=O)c1c(C(=O)O)c(C(=O)O)c(C(=O)O)c(C(=O)O)c1C(=O)O.O=C(O)c1c(C(=O)O)c(C(=O)O)c(C(=O)O)c(C(=O)O)c1C(=O)O.O=C(O)c1c(C(=O)O)c(C(=O)O)c(C(=O)O)c(C(=O)O)c1C(=O)O. The quantitative estimate of drug-likeness (QED) is 0.0538. The maximum absolute atomic E-state index is 12.3. The average molecular weight is 1100 g/mol. The molecule has 0 saturated carbocycles. The monoisotopic (exact) mass is 1100 g/mol. The number of carbonyl (C=O) groups excluding carboxylic acids is 2. The van der Waals surface area contributed by atoms with Crippen LogP contribution in [0.4, 0.5) is 0 Å². The summed E-state index contributed by atoms with van der Waals surface area (Å²) in [5.74, 6) is -41.6. The molecular formula is C40H24O37. The second-order valence-electron chi connectivity index (χ2n) is 13.4. The molecule has 0 fully saturated rings.